The summed E-state index contributed by atoms with van der Waals surface area (Å²) in [5.41, 5.74) is -0.406. The summed E-state index contributed by atoms with van der Waals surface area (Å²) >= 11 is 0. The van der Waals surface area contributed by atoms with Crippen molar-refractivity contribution in [3.63, 3.8) is 0 Å². The lowest BCUT2D eigenvalue weighted by Gasteiger charge is -2.08. The van der Waals surface area contributed by atoms with Crippen LogP contribution in [0.4, 0.5) is 0 Å². The highest BCUT2D eigenvalue weighted by Crippen LogP contribution is 2.20. The number of rotatable bonds is 3. The van der Waals surface area contributed by atoms with Gasteiger partial charge in [-0.25, -0.2) is 9.59 Å². The second-order valence-electron chi connectivity index (χ2n) is 2.79. The maximum atomic E-state index is 11.5. The number of methoxy groups -OCH3 is 1. The molecular formula is C10H12O5. The number of aryl methyl sites for hydroxylation is 1. The Kier molecular flexibility index (Phi) is 3.49. The normalized spacial score (nSPS) is 9.80. The van der Waals surface area contributed by atoms with Gasteiger partial charge in [-0.2, -0.15) is 0 Å². The quantitative estimate of drug-likeness (QED) is 0.703. The minimum Gasteiger partial charge on any atom is -0.495 e. The molecule has 0 aliphatic rings. The molecule has 82 valence electrons. The number of carbonyl (C=O) groups is 1. The molecule has 0 saturated carbocycles. The minimum absolute atomic E-state index is 0.152. The molecule has 5 heteroatoms. The Morgan fingerprint density at radius 1 is 1.53 bits per heavy atom. The van der Waals surface area contributed by atoms with Gasteiger partial charge in [-0.05, 0) is 13.8 Å². The van der Waals surface area contributed by atoms with Gasteiger partial charge in [-0.1, -0.05) is 0 Å². The lowest BCUT2D eigenvalue weighted by Crippen LogP contribution is -2.12. The Hall–Kier alpha value is -1.78. The SMILES string of the molecule is CCOC(=O)c1c(OC)cc(=O)oc1C. The van der Waals surface area contributed by atoms with Crippen molar-refractivity contribution in [2.24, 2.45) is 0 Å². The van der Waals surface area contributed by atoms with Gasteiger partial charge in [-0.15, -0.1) is 0 Å². The first-order chi connectivity index (χ1) is 7.10. The first-order valence-corrected chi connectivity index (χ1v) is 4.46. The zero-order chi connectivity index (χ0) is 11.4. The van der Waals surface area contributed by atoms with Gasteiger partial charge in [0.05, 0.1) is 19.8 Å². The van der Waals surface area contributed by atoms with Crippen LogP contribution in [0.15, 0.2) is 15.3 Å². The largest absolute Gasteiger partial charge is 0.495 e. The summed E-state index contributed by atoms with van der Waals surface area (Å²) in [5, 5.41) is 0. The van der Waals surface area contributed by atoms with Gasteiger partial charge >= 0.3 is 11.6 Å². The van der Waals surface area contributed by atoms with Crippen LogP contribution < -0.4 is 10.4 Å². The Labute approximate surface area is 86.6 Å². The number of hydrogen-bond donors (Lipinski definition) is 0. The van der Waals surface area contributed by atoms with E-state index in [1.165, 1.54) is 14.0 Å². The van der Waals surface area contributed by atoms with E-state index in [0.29, 0.717) is 0 Å². The summed E-state index contributed by atoms with van der Waals surface area (Å²) in [4.78, 5) is 22.5. The molecule has 0 aliphatic heterocycles. The summed E-state index contributed by atoms with van der Waals surface area (Å²) in [5.74, 6) is -0.199. The van der Waals surface area contributed by atoms with Crippen molar-refractivity contribution in [2.45, 2.75) is 13.8 Å². The molecular weight excluding hydrogens is 200 g/mol. The molecule has 1 rings (SSSR count). The third kappa shape index (κ3) is 2.37. The number of ether oxygens (including phenoxy) is 2. The molecule has 0 bridgehead atoms. The van der Waals surface area contributed by atoms with Gasteiger partial charge < -0.3 is 13.9 Å². The van der Waals surface area contributed by atoms with Crippen LogP contribution in [-0.2, 0) is 4.74 Å². The summed E-state index contributed by atoms with van der Waals surface area (Å²) in [6, 6.07) is 1.11. The molecule has 0 aromatic carbocycles. The van der Waals surface area contributed by atoms with Crippen LogP contribution in [0.5, 0.6) is 5.75 Å². The average Bonchev–Trinajstić information content (AvgIpc) is 2.16. The third-order valence-electron chi connectivity index (χ3n) is 1.80. The van der Waals surface area contributed by atoms with E-state index >= 15 is 0 Å². The molecule has 0 saturated heterocycles. The zero-order valence-electron chi connectivity index (χ0n) is 8.83. The van der Waals surface area contributed by atoms with Crippen LogP contribution in [0.3, 0.4) is 0 Å². The third-order valence-corrected chi connectivity index (χ3v) is 1.80. The van der Waals surface area contributed by atoms with Crippen LogP contribution in [0.25, 0.3) is 0 Å². The second kappa shape index (κ2) is 4.63. The van der Waals surface area contributed by atoms with E-state index in [1.807, 2.05) is 0 Å². The van der Waals surface area contributed by atoms with E-state index in [4.69, 9.17) is 13.9 Å². The van der Waals surface area contributed by atoms with Crippen LogP contribution in [0, 0.1) is 6.92 Å². The standard InChI is InChI=1S/C10H12O5/c1-4-14-10(12)9-6(2)15-8(11)5-7(9)13-3/h5H,4H2,1-3H3. The molecule has 0 amide bonds. The summed E-state index contributed by atoms with van der Waals surface area (Å²) in [6.07, 6.45) is 0. The first-order valence-electron chi connectivity index (χ1n) is 4.46. The highest BCUT2D eigenvalue weighted by molar-refractivity contribution is 5.93. The lowest BCUT2D eigenvalue weighted by atomic mass is 10.2. The van der Waals surface area contributed by atoms with Crippen molar-refractivity contribution in [1.29, 1.82) is 0 Å². The average molecular weight is 212 g/mol. The van der Waals surface area contributed by atoms with Gasteiger partial charge in [0.15, 0.2) is 0 Å². The van der Waals surface area contributed by atoms with Crippen LogP contribution >= 0.6 is 0 Å². The fraction of sp³-hybridized carbons (Fsp3) is 0.400. The fourth-order valence-electron chi connectivity index (χ4n) is 1.19. The molecule has 15 heavy (non-hydrogen) atoms. The lowest BCUT2D eigenvalue weighted by molar-refractivity contribution is 0.0517. The Balaban J connectivity index is 3.26. The monoisotopic (exact) mass is 212 g/mol. The van der Waals surface area contributed by atoms with E-state index in [9.17, 15) is 9.59 Å². The van der Waals surface area contributed by atoms with Crippen molar-refractivity contribution < 1.29 is 18.7 Å². The van der Waals surface area contributed by atoms with Crippen molar-refractivity contribution in [3.05, 3.63) is 27.8 Å². The topological polar surface area (TPSA) is 65.7 Å². The highest BCUT2D eigenvalue weighted by atomic mass is 16.5. The maximum Gasteiger partial charge on any atom is 0.345 e. The number of carbonyl (C=O) groups excluding carboxylic acids is 1. The van der Waals surface area contributed by atoms with Gasteiger partial charge in [0, 0.05) is 0 Å². The Morgan fingerprint density at radius 2 is 2.20 bits per heavy atom. The molecule has 0 fully saturated rings. The van der Waals surface area contributed by atoms with Crippen molar-refractivity contribution in [1.82, 2.24) is 0 Å². The van der Waals surface area contributed by atoms with E-state index in [0.717, 1.165) is 6.07 Å². The van der Waals surface area contributed by atoms with Gasteiger partial charge in [0.1, 0.15) is 17.1 Å². The molecule has 1 heterocycles. The Morgan fingerprint density at radius 3 is 2.73 bits per heavy atom. The van der Waals surface area contributed by atoms with E-state index in [1.54, 1.807) is 6.92 Å². The van der Waals surface area contributed by atoms with Crippen molar-refractivity contribution >= 4 is 5.97 Å². The number of esters is 1. The van der Waals surface area contributed by atoms with Gasteiger partial charge in [-0.3, -0.25) is 0 Å². The molecule has 0 unspecified atom stereocenters. The zero-order valence-corrected chi connectivity index (χ0v) is 8.83. The number of hydrogen-bond acceptors (Lipinski definition) is 5. The minimum atomic E-state index is -0.560. The van der Waals surface area contributed by atoms with Crippen LogP contribution in [0.1, 0.15) is 23.0 Å². The highest BCUT2D eigenvalue weighted by Gasteiger charge is 2.19. The maximum absolute atomic E-state index is 11.5. The molecule has 5 nitrogen and oxygen atoms in total. The molecule has 1 aromatic rings. The molecule has 1 aromatic heterocycles. The predicted molar refractivity (Wildman–Crippen MR) is 52.2 cm³/mol. The molecule has 0 radical (unpaired) electrons. The van der Waals surface area contributed by atoms with Gasteiger partial charge in [0.25, 0.3) is 0 Å². The van der Waals surface area contributed by atoms with Crippen LogP contribution in [0.2, 0.25) is 0 Å². The predicted octanol–water partition coefficient (Wildman–Crippen LogP) is 1.13. The molecule has 0 atom stereocenters. The van der Waals surface area contributed by atoms with Crippen molar-refractivity contribution in [3.8, 4) is 5.75 Å². The van der Waals surface area contributed by atoms with Crippen LogP contribution in [-0.4, -0.2) is 19.7 Å². The summed E-state index contributed by atoms with van der Waals surface area (Å²) in [7, 11) is 1.37. The van der Waals surface area contributed by atoms with E-state index in [2.05, 4.69) is 0 Å². The smallest absolute Gasteiger partial charge is 0.345 e. The molecule has 0 spiro atoms. The Bertz CT molecular complexity index is 418. The molecule has 0 aliphatic carbocycles. The van der Waals surface area contributed by atoms with Gasteiger partial charge in [0.2, 0.25) is 0 Å². The summed E-state index contributed by atoms with van der Waals surface area (Å²) < 4.78 is 14.5. The molecule has 0 N–H and O–H groups in total. The first kappa shape index (κ1) is 11.3. The fourth-order valence-corrected chi connectivity index (χ4v) is 1.19. The second-order valence-corrected chi connectivity index (χ2v) is 2.79. The van der Waals surface area contributed by atoms with E-state index in [-0.39, 0.29) is 23.7 Å². The van der Waals surface area contributed by atoms with Crippen molar-refractivity contribution in [2.75, 3.05) is 13.7 Å². The summed E-state index contributed by atoms with van der Waals surface area (Å²) in [6.45, 7) is 3.45. The van der Waals surface area contributed by atoms with E-state index < -0.39 is 11.6 Å².